The first-order chi connectivity index (χ1) is 13.4. The Morgan fingerprint density at radius 1 is 1.36 bits per heavy atom. The number of alkyl halides is 1. The third-order valence-electron chi connectivity index (χ3n) is 4.80. The van der Waals surface area contributed by atoms with Crippen LogP contribution in [0.1, 0.15) is 23.2 Å². The minimum absolute atomic E-state index is 0.220. The molecule has 2 aromatic rings. The lowest BCUT2D eigenvalue weighted by atomic mass is 10.2. The second-order valence-corrected chi connectivity index (χ2v) is 7.96. The summed E-state index contributed by atoms with van der Waals surface area (Å²) in [5.74, 6) is -0.569. The number of benzene rings is 1. The van der Waals surface area contributed by atoms with Crippen LogP contribution in [0.5, 0.6) is 0 Å². The van der Waals surface area contributed by atoms with E-state index < -0.39 is 24.5 Å². The molecule has 2 atom stereocenters. The van der Waals surface area contributed by atoms with Crippen LogP contribution < -0.4 is 10.6 Å². The van der Waals surface area contributed by atoms with Crippen molar-refractivity contribution in [3.05, 3.63) is 47.2 Å². The summed E-state index contributed by atoms with van der Waals surface area (Å²) in [6.45, 7) is 4.00. The zero-order valence-corrected chi connectivity index (χ0v) is 17.2. The SMILES string of the molecule is Cc1c(C#N)c(NC(=O)COC(=O)C2CC(Br)CN2)n(-c2ccccc2)c1C. The summed E-state index contributed by atoms with van der Waals surface area (Å²) in [4.78, 5) is 24.7. The lowest BCUT2D eigenvalue weighted by molar-refractivity contribution is -0.149. The van der Waals surface area contributed by atoms with E-state index in [1.165, 1.54) is 0 Å². The number of carbonyl (C=O) groups excluding carboxylic acids is 2. The Labute approximate surface area is 171 Å². The van der Waals surface area contributed by atoms with Crippen molar-refractivity contribution >= 4 is 33.6 Å². The number of para-hydroxylation sites is 1. The van der Waals surface area contributed by atoms with Crippen LogP contribution in [0.25, 0.3) is 5.69 Å². The van der Waals surface area contributed by atoms with Crippen LogP contribution in [-0.2, 0) is 14.3 Å². The molecule has 2 heterocycles. The highest BCUT2D eigenvalue weighted by atomic mass is 79.9. The standard InChI is InChI=1S/C20H21BrN4O3/c1-12-13(2)25(15-6-4-3-5-7-15)19(16(12)9-22)24-18(26)11-28-20(27)17-8-14(21)10-23-17/h3-7,14,17,23H,8,10-11H2,1-2H3,(H,24,26). The number of halogens is 1. The predicted octanol–water partition coefficient (Wildman–Crippen LogP) is 2.57. The van der Waals surface area contributed by atoms with Gasteiger partial charge in [0.1, 0.15) is 17.9 Å². The fraction of sp³-hybridized carbons (Fsp3) is 0.350. The summed E-state index contributed by atoms with van der Waals surface area (Å²) in [7, 11) is 0. The Kier molecular flexibility index (Phi) is 6.17. The molecule has 0 radical (unpaired) electrons. The van der Waals surface area contributed by atoms with Gasteiger partial charge < -0.3 is 15.4 Å². The molecule has 0 aliphatic carbocycles. The first-order valence-electron chi connectivity index (χ1n) is 8.93. The quantitative estimate of drug-likeness (QED) is 0.545. The van der Waals surface area contributed by atoms with Gasteiger partial charge in [-0.15, -0.1) is 0 Å². The Bertz CT molecular complexity index is 933. The predicted molar refractivity (Wildman–Crippen MR) is 109 cm³/mol. The first-order valence-corrected chi connectivity index (χ1v) is 9.85. The van der Waals surface area contributed by atoms with Crippen LogP contribution in [-0.4, -0.2) is 40.5 Å². The zero-order valence-electron chi connectivity index (χ0n) is 15.7. The normalized spacial score (nSPS) is 18.5. The number of nitrogens with zero attached hydrogens (tertiary/aromatic N) is 2. The molecule has 146 valence electrons. The smallest absolute Gasteiger partial charge is 0.323 e. The van der Waals surface area contributed by atoms with E-state index in [2.05, 4.69) is 32.6 Å². The second-order valence-electron chi connectivity index (χ2n) is 6.67. The van der Waals surface area contributed by atoms with Crippen LogP contribution >= 0.6 is 15.9 Å². The summed E-state index contributed by atoms with van der Waals surface area (Å²) < 4.78 is 6.96. The second kappa shape index (κ2) is 8.59. The van der Waals surface area contributed by atoms with E-state index in [0.717, 1.165) is 16.9 Å². The molecular weight excluding hydrogens is 424 g/mol. The number of hydrogen-bond donors (Lipinski definition) is 2. The third kappa shape index (κ3) is 4.11. The summed E-state index contributed by atoms with van der Waals surface area (Å²) in [6.07, 6.45) is 0.619. The van der Waals surface area contributed by atoms with Crippen LogP contribution in [0.3, 0.4) is 0 Å². The maximum Gasteiger partial charge on any atom is 0.323 e. The fourth-order valence-electron chi connectivity index (χ4n) is 3.24. The topological polar surface area (TPSA) is 96.2 Å². The number of aromatic nitrogens is 1. The summed E-state index contributed by atoms with van der Waals surface area (Å²) in [6, 6.07) is 11.2. The molecular formula is C20H21BrN4O3. The van der Waals surface area contributed by atoms with Gasteiger partial charge >= 0.3 is 5.97 Å². The van der Waals surface area contributed by atoms with Crippen LogP contribution in [0.4, 0.5) is 5.82 Å². The van der Waals surface area contributed by atoms with Gasteiger partial charge in [-0.2, -0.15) is 5.26 Å². The molecule has 3 rings (SSSR count). The monoisotopic (exact) mass is 444 g/mol. The number of anilines is 1. The highest BCUT2D eigenvalue weighted by Gasteiger charge is 2.29. The highest BCUT2D eigenvalue weighted by Crippen LogP contribution is 2.29. The summed E-state index contributed by atoms with van der Waals surface area (Å²) in [5, 5.41) is 15.3. The number of carbonyl (C=O) groups is 2. The van der Waals surface area contributed by atoms with Crippen LogP contribution in [0.2, 0.25) is 0 Å². The average molecular weight is 445 g/mol. The molecule has 2 unspecified atom stereocenters. The van der Waals surface area contributed by atoms with Crippen molar-refractivity contribution in [2.45, 2.75) is 31.1 Å². The van der Waals surface area contributed by atoms with E-state index in [-0.39, 0.29) is 4.83 Å². The molecule has 8 heteroatoms. The summed E-state index contributed by atoms with van der Waals surface area (Å²) >= 11 is 3.44. The molecule has 1 aliphatic rings. The fourth-order valence-corrected chi connectivity index (χ4v) is 3.80. The van der Waals surface area contributed by atoms with E-state index in [9.17, 15) is 14.9 Å². The number of nitriles is 1. The molecule has 28 heavy (non-hydrogen) atoms. The van der Waals surface area contributed by atoms with Gasteiger partial charge in [0.2, 0.25) is 0 Å². The molecule has 0 spiro atoms. The van der Waals surface area contributed by atoms with E-state index in [0.29, 0.717) is 24.3 Å². The van der Waals surface area contributed by atoms with Crippen molar-refractivity contribution in [1.82, 2.24) is 9.88 Å². The van der Waals surface area contributed by atoms with Crippen molar-refractivity contribution in [3.8, 4) is 11.8 Å². The van der Waals surface area contributed by atoms with Gasteiger partial charge in [-0.05, 0) is 38.0 Å². The Morgan fingerprint density at radius 2 is 2.07 bits per heavy atom. The molecule has 2 N–H and O–H groups in total. The summed E-state index contributed by atoms with van der Waals surface area (Å²) in [5.41, 5.74) is 2.86. The van der Waals surface area contributed by atoms with Crippen molar-refractivity contribution in [1.29, 1.82) is 5.26 Å². The lowest BCUT2D eigenvalue weighted by Crippen LogP contribution is -2.34. The third-order valence-corrected chi connectivity index (χ3v) is 5.50. The number of amides is 1. The van der Waals surface area contributed by atoms with Gasteiger partial charge in [0.25, 0.3) is 5.91 Å². The van der Waals surface area contributed by atoms with Gasteiger partial charge in [0.15, 0.2) is 6.61 Å². The Hall–Kier alpha value is -2.63. The highest BCUT2D eigenvalue weighted by molar-refractivity contribution is 9.09. The largest absolute Gasteiger partial charge is 0.454 e. The van der Waals surface area contributed by atoms with Gasteiger partial charge in [-0.1, -0.05) is 34.1 Å². The maximum absolute atomic E-state index is 12.4. The van der Waals surface area contributed by atoms with Gasteiger partial charge in [-0.3, -0.25) is 14.2 Å². The Morgan fingerprint density at radius 3 is 2.68 bits per heavy atom. The zero-order chi connectivity index (χ0) is 20.3. The lowest BCUT2D eigenvalue weighted by Gasteiger charge is -2.14. The molecule has 1 saturated heterocycles. The molecule has 1 aliphatic heterocycles. The van der Waals surface area contributed by atoms with Gasteiger partial charge in [0, 0.05) is 22.8 Å². The van der Waals surface area contributed by atoms with E-state index in [1.807, 2.05) is 48.7 Å². The van der Waals surface area contributed by atoms with E-state index in [1.54, 1.807) is 0 Å². The van der Waals surface area contributed by atoms with E-state index >= 15 is 0 Å². The molecule has 1 aromatic carbocycles. The number of rotatable bonds is 5. The number of hydrogen-bond acceptors (Lipinski definition) is 5. The van der Waals surface area contributed by atoms with Gasteiger partial charge in [-0.25, -0.2) is 0 Å². The first kappa shape index (κ1) is 20.1. The molecule has 1 amide bonds. The minimum Gasteiger partial charge on any atom is -0.454 e. The number of nitrogens with one attached hydrogen (secondary N) is 2. The van der Waals surface area contributed by atoms with Crippen molar-refractivity contribution in [2.75, 3.05) is 18.5 Å². The molecule has 1 aromatic heterocycles. The average Bonchev–Trinajstić information content (AvgIpc) is 3.22. The van der Waals surface area contributed by atoms with Crippen molar-refractivity contribution in [3.63, 3.8) is 0 Å². The Balaban J connectivity index is 1.76. The van der Waals surface area contributed by atoms with Crippen LogP contribution in [0, 0.1) is 25.2 Å². The van der Waals surface area contributed by atoms with Crippen molar-refractivity contribution < 1.29 is 14.3 Å². The van der Waals surface area contributed by atoms with Crippen LogP contribution in [0.15, 0.2) is 30.3 Å². The van der Waals surface area contributed by atoms with Gasteiger partial charge in [0.05, 0.1) is 5.56 Å². The molecule has 0 saturated carbocycles. The molecule has 7 nitrogen and oxygen atoms in total. The molecule has 0 bridgehead atoms. The minimum atomic E-state index is -0.493. The maximum atomic E-state index is 12.4. The van der Waals surface area contributed by atoms with Crippen molar-refractivity contribution in [2.24, 2.45) is 0 Å². The number of esters is 1. The number of ether oxygens (including phenoxy) is 1. The van der Waals surface area contributed by atoms with E-state index in [4.69, 9.17) is 4.74 Å². The molecule has 1 fully saturated rings.